The van der Waals surface area contributed by atoms with Crippen LogP contribution in [0.1, 0.15) is 5.69 Å². The van der Waals surface area contributed by atoms with Crippen molar-refractivity contribution in [1.82, 2.24) is 19.3 Å². The third-order valence-corrected chi connectivity index (χ3v) is 5.99. The molecule has 0 bridgehead atoms. The molecule has 7 heteroatoms. The first kappa shape index (κ1) is 19.8. The van der Waals surface area contributed by atoms with Crippen molar-refractivity contribution in [3.05, 3.63) is 77.6 Å². The summed E-state index contributed by atoms with van der Waals surface area (Å²) in [5.74, 6) is 1.62. The molecule has 1 aromatic carbocycles. The highest BCUT2D eigenvalue weighted by molar-refractivity contribution is 6.30. The van der Waals surface area contributed by atoms with Gasteiger partial charge in [-0.3, -0.25) is 4.90 Å². The molecule has 1 saturated heterocycles. The lowest BCUT2D eigenvalue weighted by Crippen LogP contribution is -2.46. The molecule has 158 valence electrons. The van der Waals surface area contributed by atoms with Crippen LogP contribution in [0, 0.1) is 0 Å². The van der Waals surface area contributed by atoms with Crippen LogP contribution in [-0.2, 0) is 6.54 Å². The zero-order valence-corrected chi connectivity index (χ0v) is 18.2. The van der Waals surface area contributed by atoms with Crippen molar-refractivity contribution in [2.45, 2.75) is 6.54 Å². The van der Waals surface area contributed by atoms with E-state index in [4.69, 9.17) is 21.3 Å². The largest absolute Gasteiger partial charge is 0.481 e. The molecule has 4 aromatic rings. The highest BCUT2D eigenvalue weighted by atomic mass is 35.5. The molecule has 6 nitrogen and oxygen atoms in total. The van der Waals surface area contributed by atoms with Crippen LogP contribution in [0.25, 0.3) is 16.9 Å². The number of benzene rings is 1. The molecule has 1 fully saturated rings. The van der Waals surface area contributed by atoms with Crippen LogP contribution in [0.4, 0.5) is 5.82 Å². The van der Waals surface area contributed by atoms with Crippen LogP contribution in [-0.4, -0.2) is 52.6 Å². The van der Waals surface area contributed by atoms with E-state index in [1.165, 1.54) is 5.69 Å². The minimum absolute atomic E-state index is 0.651. The molecule has 0 atom stereocenters. The van der Waals surface area contributed by atoms with Gasteiger partial charge in [0.05, 0.1) is 18.5 Å². The van der Waals surface area contributed by atoms with E-state index >= 15 is 0 Å². The zero-order chi connectivity index (χ0) is 21.2. The predicted octanol–water partition coefficient (Wildman–Crippen LogP) is 4.38. The van der Waals surface area contributed by atoms with Crippen molar-refractivity contribution < 1.29 is 4.74 Å². The molecule has 3 aromatic heterocycles. The molecule has 0 amide bonds. The first-order valence-corrected chi connectivity index (χ1v) is 10.8. The summed E-state index contributed by atoms with van der Waals surface area (Å²) in [7, 11) is 1.65. The van der Waals surface area contributed by atoms with Crippen molar-refractivity contribution in [3.63, 3.8) is 0 Å². The van der Waals surface area contributed by atoms with Gasteiger partial charge in [-0.2, -0.15) is 4.98 Å². The third-order valence-electron chi connectivity index (χ3n) is 5.73. The molecule has 1 aliphatic heterocycles. The smallest absolute Gasteiger partial charge is 0.214 e. The molecule has 0 N–H and O–H groups in total. The maximum absolute atomic E-state index is 6.11. The second-order valence-electron chi connectivity index (χ2n) is 7.64. The Hall–Kier alpha value is -3.09. The molecular weight excluding hydrogens is 410 g/mol. The van der Waals surface area contributed by atoms with E-state index in [0.29, 0.717) is 5.88 Å². The zero-order valence-electron chi connectivity index (χ0n) is 17.4. The summed E-state index contributed by atoms with van der Waals surface area (Å²) >= 11 is 6.11. The number of anilines is 1. The topological polar surface area (TPSA) is 45.9 Å². The highest BCUT2D eigenvalue weighted by Gasteiger charge is 2.22. The van der Waals surface area contributed by atoms with Crippen LogP contribution in [0.2, 0.25) is 5.02 Å². The van der Waals surface area contributed by atoms with Crippen molar-refractivity contribution in [3.8, 4) is 17.1 Å². The standard InChI is InChI=1S/C24H24ClN5O/c1-31-23-7-4-6-21(26-23)29-15-13-28(14-16-29)17-20-24(18-8-10-19(25)11-9-18)27-22-5-2-3-12-30(20)22/h2-12H,13-17H2,1H3. The molecule has 1 aliphatic rings. The molecule has 5 rings (SSSR count). The Morgan fingerprint density at radius 2 is 1.71 bits per heavy atom. The van der Waals surface area contributed by atoms with E-state index in [9.17, 15) is 0 Å². The Kier molecular flexibility index (Phi) is 5.49. The van der Waals surface area contributed by atoms with Gasteiger partial charge in [-0.25, -0.2) is 4.98 Å². The van der Waals surface area contributed by atoms with Crippen molar-refractivity contribution >= 4 is 23.1 Å². The molecule has 4 heterocycles. The van der Waals surface area contributed by atoms with E-state index in [1.807, 2.05) is 48.5 Å². The number of rotatable bonds is 5. The molecule has 0 saturated carbocycles. The molecular formula is C24H24ClN5O. The van der Waals surface area contributed by atoms with Crippen LogP contribution >= 0.6 is 11.6 Å². The number of hydrogen-bond acceptors (Lipinski definition) is 5. The number of hydrogen-bond donors (Lipinski definition) is 0. The SMILES string of the molecule is COc1cccc(N2CCN(Cc3c(-c4ccc(Cl)cc4)nc4ccccn34)CC2)n1. The predicted molar refractivity (Wildman–Crippen MR) is 124 cm³/mol. The van der Waals surface area contributed by atoms with Crippen LogP contribution in [0.5, 0.6) is 5.88 Å². The maximum Gasteiger partial charge on any atom is 0.214 e. The highest BCUT2D eigenvalue weighted by Crippen LogP contribution is 2.27. The van der Waals surface area contributed by atoms with Crippen LogP contribution < -0.4 is 9.64 Å². The summed E-state index contributed by atoms with van der Waals surface area (Å²) < 4.78 is 7.47. The Labute approximate surface area is 186 Å². The average Bonchev–Trinajstić information content (AvgIpc) is 3.18. The van der Waals surface area contributed by atoms with Gasteiger partial charge >= 0.3 is 0 Å². The summed E-state index contributed by atoms with van der Waals surface area (Å²) in [6, 6.07) is 20.0. The first-order chi connectivity index (χ1) is 15.2. The minimum Gasteiger partial charge on any atom is -0.481 e. The Bertz CT molecular complexity index is 1180. The number of piperazine rings is 1. The normalized spacial score (nSPS) is 14.8. The Morgan fingerprint density at radius 3 is 2.48 bits per heavy atom. The van der Waals surface area contributed by atoms with Crippen molar-refractivity contribution in [1.29, 1.82) is 0 Å². The number of pyridine rings is 2. The van der Waals surface area contributed by atoms with E-state index in [0.717, 1.165) is 60.5 Å². The lowest BCUT2D eigenvalue weighted by molar-refractivity contribution is 0.246. The average molecular weight is 434 g/mol. The fourth-order valence-electron chi connectivity index (χ4n) is 4.08. The number of nitrogens with zero attached hydrogens (tertiary/aromatic N) is 5. The molecule has 0 spiro atoms. The number of fused-ring (bicyclic) bond motifs is 1. The van der Waals surface area contributed by atoms with Crippen molar-refractivity contribution in [2.75, 3.05) is 38.2 Å². The summed E-state index contributed by atoms with van der Waals surface area (Å²) in [5.41, 5.74) is 4.26. The van der Waals surface area contributed by atoms with Gasteiger partial charge in [-0.15, -0.1) is 0 Å². The number of imidazole rings is 1. The molecule has 0 unspecified atom stereocenters. The van der Waals surface area contributed by atoms with E-state index in [1.54, 1.807) is 7.11 Å². The minimum atomic E-state index is 0.651. The summed E-state index contributed by atoms with van der Waals surface area (Å²) in [4.78, 5) is 14.3. The number of ether oxygens (including phenoxy) is 1. The summed E-state index contributed by atoms with van der Waals surface area (Å²) in [6.07, 6.45) is 2.09. The number of methoxy groups -OCH3 is 1. The van der Waals surface area contributed by atoms with Gasteiger partial charge in [0.25, 0.3) is 0 Å². The Balaban J connectivity index is 1.37. The molecule has 0 radical (unpaired) electrons. The lowest BCUT2D eigenvalue weighted by Gasteiger charge is -2.35. The maximum atomic E-state index is 6.11. The van der Waals surface area contributed by atoms with Gasteiger partial charge in [0.15, 0.2) is 0 Å². The van der Waals surface area contributed by atoms with Crippen LogP contribution in [0.3, 0.4) is 0 Å². The van der Waals surface area contributed by atoms with Gasteiger partial charge in [0, 0.05) is 55.6 Å². The van der Waals surface area contributed by atoms with E-state index < -0.39 is 0 Å². The molecule has 0 aliphatic carbocycles. The second kappa shape index (κ2) is 8.57. The second-order valence-corrected chi connectivity index (χ2v) is 8.08. The van der Waals surface area contributed by atoms with Crippen molar-refractivity contribution in [2.24, 2.45) is 0 Å². The van der Waals surface area contributed by atoms with E-state index in [2.05, 4.69) is 37.5 Å². The number of aromatic nitrogens is 3. The quantitative estimate of drug-likeness (QED) is 0.467. The molecule has 31 heavy (non-hydrogen) atoms. The lowest BCUT2D eigenvalue weighted by atomic mass is 10.1. The van der Waals surface area contributed by atoms with E-state index in [-0.39, 0.29) is 0 Å². The van der Waals surface area contributed by atoms with Gasteiger partial charge in [0.2, 0.25) is 5.88 Å². The van der Waals surface area contributed by atoms with Gasteiger partial charge in [-0.05, 0) is 30.3 Å². The van der Waals surface area contributed by atoms with Gasteiger partial charge in [0.1, 0.15) is 11.5 Å². The monoisotopic (exact) mass is 433 g/mol. The number of halogens is 1. The fraction of sp³-hybridized carbons (Fsp3) is 0.250. The van der Waals surface area contributed by atoms with Gasteiger partial charge in [-0.1, -0.05) is 35.9 Å². The third kappa shape index (κ3) is 4.09. The fourth-order valence-corrected chi connectivity index (χ4v) is 4.20. The summed E-state index contributed by atoms with van der Waals surface area (Å²) in [6.45, 7) is 4.60. The summed E-state index contributed by atoms with van der Waals surface area (Å²) in [5, 5.41) is 0.733. The van der Waals surface area contributed by atoms with Crippen LogP contribution in [0.15, 0.2) is 66.9 Å². The Morgan fingerprint density at radius 1 is 0.903 bits per heavy atom. The first-order valence-electron chi connectivity index (χ1n) is 10.4. The van der Waals surface area contributed by atoms with Gasteiger partial charge < -0.3 is 14.0 Å².